The third-order valence-electron chi connectivity index (χ3n) is 6.96. The van der Waals surface area contributed by atoms with E-state index in [1.807, 2.05) is 49.6 Å². The van der Waals surface area contributed by atoms with E-state index in [-0.39, 0.29) is 24.5 Å². The number of rotatable bonds is 7. The monoisotopic (exact) mass is 632 g/mol. The van der Waals surface area contributed by atoms with E-state index in [0.29, 0.717) is 16.3 Å². The molecule has 2 aromatic carbocycles. The number of fused-ring (bicyclic) bond motifs is 3. The minimum atomic E-state index is -2.57. The molecule has 2 amide bonds. The van der Waals surface area contributed by atoms with Gasteiger partial charge in [-0.05, 0) is 30.3 Å². The van der Waals surface area contributed by atoms with E-state index in [2.05, 4.69) is 20.5 Å². The highest BCUT2D eigenvalue weighted by molar-refractivity contribution is 7.23. The second kappa shape index (κ2) is 11.7. The lowest BCUT2D eigenvalue weighted by molar-refractivity contribution is -0.292. The van der Waals surface area contributed by atoms with Crippen LogP contribution in [0.2, 0.25) is 0 Å². The van der Waals surface area contributed by atoms with Crippen LogP contribution in [0, 0.1) is 0 Å². The van der Waals surface area contributed by atoms with Gasteiger partial charge in [0.1, 0.15) is 12.4 Å². The topological polar surface area (TPSA) is 106 Å². The Hall–Kier alpha value is -4.21. The molecule has 10 nitrogen and oxygen atoms in total. The first-order valence-corrected chi connectivity index (χ1v) is 14.5. The molecular weight excluding hydrogens is 604 g/mol. The van der Waals surface area contributed by atoms with Crippen LogP contribution in [0.4, 0.5) is 33.9 Å². The molecule has 0 aliphatic carbocycles. The maximum Gasteiger partial charge on any atom is 0.326 e. The van der Waals surface area contributed by atoms with Crippen molar-refractivity contribution in [1.29, 1.82) is 0 Å². The third-order valence-corrected chi connectivity index (χ3v) is 7.98. The fourth-order valence-corrected chi connectivity index (χ4v) is 5.64. The van der Waals surface area contributed by atoms with Crippen molar-refractivity contribution in [2.75, 3.05) is 23.8 Å². The Morgan fingerprint density at radius 1 is 1.02 bits per heavy atom. The van der Waals surface area contributed by atoms with E-state index in [1.54, 1.807) is 30.3 Å². The Bertz CT molecular complexity index is 1770. The summed E-state index contributed by atoms with van der Waals surface area (Å²) in [6, 6.07) is 13.7. The van der Waals surface area contributed by atoms with Crippen LogP contribution in [0.3, 0.4) is 0 Å². The number of nitrogens with one attached hydrogen (secondary N) is 2. The van der Waals surface area contributed by atoms with E-state index in [1.165, 1.54) is 11.3 Å². The average Bonchev–Trinajstić information content (AvgIpc) is 3.69. The molecular formula is C29H28F4N6O4S. The zero-order valence-corrected chi connectivity index (χ0v) is 24.6. The maximum atomic E-state index is 13.9. The number of anilines is 2. The van der Waals surface area contributed by atoms with Crippen LogP contribution in [0.1, 0.15) is 26.5 Å². The number of urea groups is 1. The van der Waals surface area contributed by atoms with Gasteiger partial charge in [0.25, 0.3) is 0 Å². The summed E-state index contributed by atoms with van der Waals surface area (Å²) in [7, 11) is 0. The van der Waals surface area contributed by atoms with Gasteiger partial charge in [-0.25, -0.2) is 32.2 Å². The molecule has 2 N–H and O–H groups in total. The molecule has 4 atom stereocenters. The number of ether oxygens (including phenoxy) is 2. The third kappa shape index (κ3) is 6.07. The predicted molar refractivity (Wildman–Crippen MR) is 157 cm³/mol. The van der Waals surface area contributed by atoms with Crippen molar-refractivity contribution in [2.24, 2.45) is 0 Å². The highest BCUT2D eigenvalue weighted by Crippen LogP contribution is 2.33. The summed E-state index contributed by atoms with van der Waals surface area (Å²) in [6.45, 7) is 5.42. The lowest BCUT2D eigenvalue weighted by atomic mass is 9.92. The van der Waals surface area contributed by atoms with Crippen LogP contribution in [0.5, 0.6) is 5.75 Å². The first kappa shape index (κ1) is 29.8. The van der Waals surface area contributed by atoms with Crippen LogP contribution >= 0.6 is 11.3 Å². The van der Waals surface area contributed by atoms with Gasteiger partial charge in [0, 0.05) is 35.5 Å². The van der Waals surface area contributed by atoms with E-state index < -0.39 is 31.3 Å². The average molecular weight is 633 g/mol. The lowest BCUT2D eigenvalue weighted by Gasteiger charge is -2.36. The molecule has 1 fully saturated rings. The second-order valence-electron chi connectivity index (χ2n) is 11.2. The zero-order chi connectivity index (χ0) is 31.2. The molecule has 3 aromatic heterocycles. The quantitative estimate of drug-likeness (QED) is 0.147. The Balaban J connectivity index is 1.07. The number of carbonyl (C=O) groups excluding carboxylic acids is 1. The van der Waals surface area contributed by atoms with Gasteiger partial charge in [0.05, 0.1) is 21.6 Å². The highest BCUT2D eigenvalue weighted by atomic mass is 32.1. The number of alkyl halides is 4. The standard InChI is InChI=1S/C29H28F4N6O4S/c1-29(2,3)21-13-22(43-37-21)36-27(40)34-16-6-4-15(5-7-16)18-14-39-19-9-8-17(12-20(19)44-28(39)35-18)41-11-10-38-23(30)25(32)42-26(33)24(38)31/h4-9,12-14,23-26H,10-11H2,1-3H3,(H2,34,36,40). The normalized spacial score (nSPS) is 21.2. The molecule has 6 rings (SSSR count). The Kier molecular flexibility index (Phi) is 7.94. The first-order valence-electron chi connectivity index (χ1n) is 13.6. The molecule has 232 valence electrons. The molecule has 15 heteroatoms. The zero-order valence-electron chi connectivity index (χ0n) is 23.8. The summed E-state index contributed by atoms with van der Waals surface area (Å²) in [6.07, 6.45) is -8.12. The number of aromatic nitrogens is 3. The van der Waals surface area contributed by atoms with Crippen LogP contribution in [-0.2, 0) is 10.2 Å². The molecule has 0 saturated carbocycles. The SMILES string of the molecule is CC(C)(C)c1cc(NC(=O)Nc2ccc(-c3cn4c(n3)sc3cc(OCCN5C(F)C(F)OC(F)C5F)ccc34)cc2)on1. The van der Waals surface area contributed by atoms with Crippen molar-refractivity contribution in [2.45, 2.75) is 51.5 Å². The van der Waals surface area contributed by atoms with Gasteiger partial charge in [-0.3, -0.25) is 9.72 Å². The van der Waals surface area contributed by atoms with Crippen LogP contribution < -0.4 is 15.4 Å². The van der Waals surface area contributed by atoms with E-state index in [9.17, 15) is 22.4 Å². The van der Waals surface area contributed by atoms with Gasteiger partial charge < -0.3 is 19.3 Å². The summed E-state index contributed by atoms with van der Waals surface area (Å²) < 4.78 is 72.3. The highest BCUT2D eigenvalue weighted by Gasteiger charge is 2.45. The number of amides is 2. The molecule has 0 radical (unpaired) electrons. The van der Waals surface area contributed by atoms with Crippen LogP contribution in [-0.4, -0.2) is 63.9 Å². The van der Waals surface area contributed by atoms with Crippen LogP contribution in [0.15, 0.2) is 59.3 Å². The Morgan fingerprint density at radius 3 is 2.43 bits per heavy atom. The van der Waals surface area contributed by atoms with Crippen molar-refractivity contribution in [3.63, 3.8) is 0 Å². The number of hydrogen-bond acceptors (Lipinski definition) is 8. The Labute approximate surface area is 252 Å². The van der Waals surface area contributed by atoms with Crippen LogP contribution in [0.25, 0.3) is 26.4 Å². The van der Waals surface area contributed by atoms with Crippen molar-refractivity contribution in [3.8, 4) is 17.0 Å². The fourth-order valence-electron chi connectivity index (χ4n) is 4.60. The molecule has 1 saturated heterocycles. The smallest absolute Gasteiger partial charge is 0.326 e. The van der Waals surface area contributed by atoms with Gasteiger partial charge in [-0.15, -0.1) is 0 Å². The van der Waals surface area contributed by atoms with E-state index in [0.717, 1.165) is 32.1 Å². The maximum absolute atomic E-state index is 13.9. The number of carbonyl (C=O) groups is 1. The summed E-state index contributed by atoms with van der Waals surface area (Å²) in [4.78, 5) is 18.3. The predicted octanol–water partition coefficient (Wildman–Crippen LogP) is 7.04. The number of halogens is 4. The van der Waals surface area contributed by atoms with Gasteiger partial charge in [-0.1, -0.05) is 49.4 Å². The fraction of sp³-hybridized carbons (Fsp3) is 0.345. The number of morpholine rings is 1. The first-order chi connectivity index (χ1) is 21.0. The van der Waals surface area contributed by atoms with E-state index >= 15 is 0 Å². The summed E-state index contributed by atoms with van der Waals surface area (Å²) in [5, 5.41) is 9.37. The molecule has 5 aromatic rings. The number of thiazole rings is 1. The van der Waals surface area contributed by atoms with E-state index in [4.69, 9.17) is 14.2 Å². The van der Waals surface area contributed by atoms with Gasteiger partial charge in [0.2, 0.25) is 31.2 Å². The van der Waals surface area contributed by atoms with Gasteiger partial charge >= 0.3 is 6.03 Å². The van der Waals surface area contributed by atoms with Crippen molar-refractivity contribution >= 4 is 44.1 Å². The molecule has 0 spiro atoms. The molecule has 44 heavy (non-hydrogen) atoms. The lowest BCUT2D eigenvalue weighted by Crippen LogP contribution is -2.56. The molecule has 4 heterocycles. The van der Waals surface area contributed by atoms with Gasteiger partial charge in [-0.2, -0.15) is 0 Å². The minimum Gasteiger partial charge on any atom is -0.492 e. The summed E-state index contributed by atoms with van der Waals surface area (Å²) >= 11 is 1.42. The largest absolute Gasteiger partial charge is 0.492 e. The van der Waals surface area contributed by atoms with Crippen molar-refractivity contribution in [1.82, 2.24) is 19.4 Å². The second-order valence-corrected chi connectivity index (χ2v) is 12.2. The molecule has 1 aliphatic rings. The summed E-state index contributed by atoms with van der Waals surface area (Å²) in [5.41, 5.74) is 3.54. The van der Waals surface area contributed by atoms with Gasteiger partial charge in [0.15, 0.2) is 4.96 Å². The Morgan fingerprint density at radius 2 is 1.75 bits per heavy atom. The molecule has 0 bridgehead atoms. The van der Waals surface area contributed by atoms with Crippen molar-refractivity contribution < 1.29 is 36.4 Å². The number of imidazole rings is 1. The van der Waals surface area contributed by atoms with Crippen molar-refractivity contribution in [3.05, 3.63) is 60.4 Å². The minimum absolute atomic E-state index is 0.191. The number of hydrogen-bond donors (Lipinski definition) is 2. The molecule has 4 unspecified atom stereocenters. The number of benzene rings is 2. The summed E-state index contributed by atoms with van der Waals surface area (Å²) in [5.74, 6) is 0.679. The molecule has 1 aliphatic heterocycles. The number of nitrogens with zero attached hydrogens (tertiary/aromatic N) is 4.